The van der Waals surface area contributed by atoms with Crippen LogP contribution in [0.5, 0.6) is 0 Å². The molecule has 0 heterocycles. The summed E-state index contributed by atoms with van der Waals surface area (Å²) in [5, 5.41) is 14.2. The van der Waals surface area contributed by atoms with Crippen molar-refractivity contribution in [2.45, 2.75) is 32.2 Å². The summed E-state index contributed by atoms with van der Waals surface area (Å²) in [4.78, 5) is 47.6. The molecule has 2 aromatic carbocycles. The van der Waals surface area contributed by atoms with Gasteiger partial charge in [-0.15, -0.1) is 0 Å². The molecule has 2 amide bonds. The molecule has 0 saturated carbocycles. The van der Waals surface area contributed by atoms with E-state index in [1.165, 1.54) is 24.3 Å². The van der Waals surface area contributed by atoms with Crippen LogP contribution < -0.4 is 10.6 Å². The third-order valence-corrected chi connectivity index (χ3v) is 4.17. The number of hydrogen-bond donors (Lipinski definition) is 3. The zero-order valence-corrected chi connectivity index (χ0v) is 16.6. The number of hydrogen-bond acceptors (Lipinski definition) is 5. The number of carbonyl (C=O) groups excluding carboxylic acids is 3. The van der Waals surface area contributed by atoms with Crippen molar-refractivity contribution in [3.8, 4) is 0 Å². The largest absolute Gasteiger partial charge is 0.481 e. The number of carboxylic acid groups (broad SMARTS) is 1. The van der Waals surface area contributed by atoms with Crippen molar-refractivity contribution >= 4 is 29.4 Å². The number of rotatable bonds is 10. The van der Waals surface area contributed by atoms with E-state index in [1.54, 1.807) is 31.2 Å². The molecule has 1 atom stereocenters. The van der Waals surface area contributed by atoms with E-state index in [9.17, 15) is 19.2 Å². The van der Waals surface area contributed by atoms with Crippen LogP contribution in [-0.2, 0) is 25.5 Å². The van der Waals surface area contributed by atoms with E-state index in [0.717, 1.165) is 5.56 Å². The monoisotopic (exact) mass is 412 g/mol. The van der Waals surface area contributed by atoms with Crippen molar-refractivity contribution in [1.82, 2.24) is 5.32 Å². The van der Waals surface area contributed by atoms with Crippen molar-refractivity contribution in [3.05, 3.63) is 65.7 Å². The molecular formula is C22H24N2O6. The summed E-state index contributed by atoms with van der Waals surface area (Å²) >= 11 is 0. The third kappa shape index (κ3) is 7.38. The van der Waals surface area contributed by atoms with Gasteiger partial charge in [-0.3, -0.25) is 14.4 Å². The molecule has 8 heteroatoms. The number of carboxylic acids is 1. The fraction of sp³-hybridized carbons (Fsp3) is 0.273. The topological polar surface area (TPSA) is 122 Å². The van der Waals surface area contributed by atoms with Gasteiger partial charge in [0.05, 0.1) is 18.6 Å². The lowest BCUT2D eigenvalue weighted by Crippen LogP contribution is -2.44. The molecule has 0 aliphatic heterocycles. The maximum Gasteiger partial charge on any atom is 0.338 e. The smallest absolute Gasteiger partial charge is 0.338 e. The van der Waals surface area contributed by atoms with E-state index in [2.05, 4.69) is 10.6 Å². The van der Waals surface area contributed by atoms with Crippen LogP contribution in [-0.4, -0.2) is 41.5 Å². The summed E-state index contributed by atoms with van der Waals surface area (Å²) in [6, 6.07) is 14.1. The minimum absolute atomic E-state index is 0.0530. The zero-order valence-electron chi connectivity index (χ0n) is 16.6. The fourth-order valence-corrected chi connectivity index (χ4v) is 2.70. The van der Waals surface area contributed by atoms with Crippen LogP contribution in [0, 0.1) is 0 Å². The van der Waals surface area contributed by atoms with Gasteiger partial charge >= 0.3 is 11.9 Å². The molecule has 0 bridgehead atoms. The average molecular weight is 412 g/mol. The van der Waals surface area contributed by atoms with Gasteiger partial charge in [0.1, 0.15) is 6.04 Å². The Balaban J connectivity index is 2.02. The van der Waals surface area contributed by atoms with Crippen LogP contribution >= 0.6 is 0 Å². The van der Waals surface area contributed by atoms with E-state index >= 15 is 0 Å². The highest BCUT2D eigenvalue weighted by molar-refractivity contribution is 5.98. The predicted molar refractivity (Wildman–Crippen MR) is 110 cm³/mol. The minimum atomic E-state index is -1.07. The van der Waals surface area contributed by atoms with E-state index in [4.69, 9.17) is 9.84 Å². The molecule has 0 spiro atoms. The van der Waals surface area contributed by atoms with Crippen molar-refractivity contribution < 1.29 is 29.0 Å². The molecule has 0 aliphatic carbocycles. The Hall–Kier alpha value is -3.68. The summed E-state index contributed by atoms with van der Waals surface area (Å²) in [6.45, 7) is 1.96. The lowest BCUT2D eigenvalue weighted by Gasteiger charge is -2.18. The number of nitrogens with one attached hydrogen (secondary N) is 2. The van der Waals surface area contributed by atoms with Gasteiger partial charge in [0.25, 0.3) is 0 Å². The van der Waals surface area contributed by atoms with Crippen LogP contribution in [0.2, 0.25) is 0 Å². The molecule has 1 unspecified atom stereocenters. The molecule has 2 rings (SSSR count). The lowest BCUT2D eigenvalue weighted by molar-refractivity contribution is -0.137. The first kappa shape index (κ1) is 22.6. The number of ether oxygens (including phenoxy) is 1. The lowest BCUT2D eigenvalue weighted by atomic mass is 10.1. The number of esters is 1. The van der Waals surface area contributed by atoms with Crippen LogP contribution in [0.3, 0.4) is 0 Å². The Morgan fingerprint density at radius 2 is 1.67 bits per heavy atom. The first-order valence-corrected chi connectivity index (χ1v) is 9.52. The summed E-state index contributed by atoms with van der Waals surface area (Å²) in [7, 11) is 0. The quantitative estimate of drug-likeness (QED) is 0.515. The first-order chi connectivity index (χ1) is 14.4. The Labute approximate surface area is 174 Å². The Morgan fingerprint density at radius 1 is 1.00 bits per heavy atom. The summed E-state index contributed by atoms with van der Waals surface area (Å²) in [6.07, 6.45) is -0.250. The maximum absolute atomic E-state index is 12.6. The highest BCUT2D eigenvalue weighted by Crippen LogP contribution is 2.12. The highest BCUT2D eigenvalue weighted by Gasteiger charge is 2.22. The van der Waals surface area contributed by atoms with Gasteiger partial charge in [-0.1, -0.05) is 30.3 Å². The molecule has 158 valence electrons. The number of amides is 2. The van der Waals surface area contributed by atoms with Gasteiger partial charge in [-0.05, 0) is 43.2 Å². The Kier molecular flexibility index (Phi) is 8.56. The number of anilines is 1. The summed E-state index contributed by atoms with van der Waals surface area (Å²) in [5.41, 5.74) is 1.53. The van der Waals surface area contributed by atoms with Gasteiger partial charge in [0.15, 0.2) is 0 Å². The van der Waals surface area contributed by atoms with Crippen LogP contribution in [0.1, 0.15) is 35.7 Å². The number of benzene rings is 2. The molecule has 0 saturated heterocycles. The van der Waals surface area contributed by atoms with Crippen molar-refractivity contribution in [2.24, 2.45) is 0 Å². The van der Waals surface area contributed by atoms with Gasteiger partial charge in [0, 0.05) is 12.1 Å². The standard InChI is InChI=1S/C22H24N2O6/c1-2-30-22(29)16-8-10-17(11-9-16)23-21(28)18(12-13-20(26)27)24-19(25)14-15-6-4-3-5-7-15/h3-11,18H,2,12-14H2,1H3,(H,23,28)(H,24,25)(H,26,27). The third-order valence-electron chi connectivity index (χ3n) is 4.17. The zero-order chi connectivity index (χ0) is 21.9. The number of aliphatic carboxylic acids is 1. The molecular weight excluding hydrogens is 388 g/mol. The molecule has 0 fully saturated rings. The second kappa shape index (κ2) is 11.4. The van der Waals surface area contributed by atoms with Crippen LogP contribution in [0.15, 0.2) is 54.6 Å². The Bertz CT molecular complexity index is 880. The average Bonchev–Trinajstić information content (AvgIpc) is 2.72. The van der Waals surface area contributed by atoms with E-state index in [1.807, 2.05) is 6.07 Å². The van der Waals surface area contributed by atoms with Crippen LogP contribution in [0.4, 0.5) is 5.69 Å². The number of carbonyl (C=O) groups is 4. The van der Waals surface area contributed by atoms with Gasteiger partial charge in [-0.2, -0.15) is 0 Å². The Morgan fingerprint density at radius 3 is 2.27 bits per heavy atom. The van der Waals surface area contributed by atoms with E-state index in [0.29, 0.717) is 11.3 Å². The second-order valence-electron chi connectivity index (χ2n) is 6.50. The predicted octanol–water partition coefficient (Wildman–Crippen LogP) is 2.39. The highest BCUT2D eigenvalue weighted by atomic mass is 16.5. The molecule has 0 aliphatic rings. The molecule has 8 nitrogen and oxygen atoms in total. The SMILES string of the molecule is CCOC(=O)c1ccc(NC(=O)C(CCC(=O)O)NC(=O)Cc2ccccc2)cc1. The molecule has 2 aromatic rings. The second-order valence-corrected chi connectivity index (χ2v) is 6.50. The van der Waals surface area contributed by atoms with E-state index < -0.39 is 23.9 Å². The summed E-state index contributed by atoms with van der Waals surface area (Å²) < 4.78 is 4.90. The molecule has 30 heavy (non-hydrogen) atoms. The normalized spacial score (nSPS) is 11.2. The van der Waals surface area contributed by atoms with Gasteiger partial charge < -0.3 is 20.5 Å². The van der Waals surface area contributed by atoms with Gasteiger partial charge in [-0.25, -0.2) is 4.79 Å². The van der Waals surface area contributed by atoms with Gasteiger partial charge in [0.2, 0.25) is 11.8 Å². The molecule has 3 N–H and O–H groups in total. The van der Waals surface area contributed by atoms with Crippen molar-refractivity contribution in [1.29, 1.82) is 0 Å². The minimum Gasteiger partial charge on any atom is -0.481 e. The first-order valence-electron chi connectivity index (χ1n) is 9.52. The van der Waals surface area contributed by atoms with Crippen molar-refractivity contribution in [2.75, 3.05) is 11.9 Å². The molecule has 0 aromatic heterocycles. The van der Waals surface area contributed by atoms with E-state index in [-0.39, 0.29) is 31.8 Å². The van der Waals surface area contributed by atoms with Crippen LogP contribution in [0.25, 0.3) is 0 Å². The summed E-state index contributed by atoms with van der Waals surface area (Å²) in [5.74, 6) is -2.46. The molecule has 0 radical (unpaired) electrons. The van der Waals surface area contributed by atoms with Crippen molar-refractivity contribution in [3.63, 3.8) is 0 Å². The maximum atomic E-state index is 12.6. The fourth-order valence-electron chi connectivity index (χ4n) is 2.70.